The van der Waals surface area contributed by atoms with Crippen molar-refractivity contribution in [3.05, 3.63) is 10.6 Å². The molecule has 2 rings (SSSR count). The zero-order valence-corrected chi connectivity index (χ0v) is 14.2. The lowest BCUT2D eigenvalue weighted by atomic mass is 10.2. The van der Waals surface area contributed by atoms with Crippen molar-refractivity contribution in [2.75, 3.05) is 11.4 Å². The predicted molar refractivity (Wildman–Crippen MR) is 88.7 cm³/mol. The van der Waals surface area contributed by atoms with Gasteiger partial charge in [0.25, 0.3) is 0 Å². The van der Waals surface area contributed by atoms with E-state index in [0.717, 1.165) is 19.1 Å². The molecule has 0 amide bonds. The molecule has 1 fully saturated rings. The van der Waals surface area contributed by atoms with E-state index in [1.165, 1.54) is 47.8 Å². The Morgan fingerprint density at radius 1 is 1.40 bits per heavy atom. The Balaban J connectivity index is 2.04. The highest BCUT2D eigenvalue weighted by molar-refractivity contribution is 7.15. The van der Waals surface area contributed by atoms with Crippen LogP contribution >= 0.6 is 11.3 Å². The summed E-state index contributed by atoms with van der Waals surface area (Å²) in [6.07, 6.45) is 6.37. The van der Waals surface area contributed by atoms with E-state index in [1.54, 1.807) is 0 Å². The highest BCUT2D eigenvalue weighted by atomic mass is 32.1. The van der Waals surface area contributed by atoms with Gasteiger partial charge < -0.3 is 10.2 Å². The summed E-state index contributed by atoms with van der Waals surface area (Å²) in [5.41, 5.74) is 1.21. The maximum Gasteiger partial charge on any atom is 0.186 e. The number of aromatic nitrogens is 1. The van der Waals surface area contributed by atoms with Crippen molar-refractivity contribution in [2.45, 2.75) is 78.4 Å². The number of aryl methyl sites for hydroxylation is 1. The van der Waals surface area contributed by atoms with Gasteiger partial charge in [-0.1, -0.05) is 20.3 Å². The molecule has 0 spiro atoms. The van der Waals surface area contributed by atoms with Gasteiger partial charge in [-0.2, -0.15) is 0 Å². The molecule has 1 saturated carbocycles. The fourth-order valence-electron chi connectivity index (χ4n) is 2.28. The Hall–Kier alpha value is -0.610. The van der Waals surface area contributed by atoms with Crippen LogP contribution in [0.5, 0.6) is 0 Å². The van der Waals surface area contributed by atoms with Crippen LogP contribution in [-0.2, 0) is 6.54 Å². The van der Waals surface area contributed by atoms with Crippen molar-refractivity contribution in [3.8, 4) is 0 Å². The third-order valence-electron chi connectivity index (χ3n) is 4.13. The van der Waals surface area contributed by atoms with Crippen LogP contribution in [0.4, 0.5) is 5.13 Å². The molecule has 1 aliphatic rings. The lowest BCUT2D eigenvalue weighted by Crippen LogP contribution is -2.33. The van der Waals surface area contributed by atoms with Crippen molar-refractivity contribution < 1.29 is 0 Å². The van der Waals surface area contributed by atoms with Gasteiger partial charge in [0.2, 0.25) is 0 Å². The Morgan fingerprint density at radius 2 is 2.15 bits per heavy atom. The van der Waals surface area contributed by atoms with Gasteiger partial charge in [0.05, 0.1) is 5.69 Å². The van der Waals surface area contributed by atoms with Crippen LogP contribution in [0, 0.1) is 6.92 Å². The molecule has 0 aromatic carbocycles. The van der Waals surface area contributed by atoms with Gasteiger partial charge in [0, 0.05) is 30.1 Å². The first kappa shape index (κ1) is 15.8. The molecular weight excluding hydrogens is 266 g/mol. The monoisotopic (exact) mass is 295 g/mol. The summed E-state index contributed by atoms with van der Waals surface area (Å²) in [7, 11) is 0. The van der Waals surface area contributed by atoms with Gasteiger partial charge in [-0.05, 0) is 39.5 Å². The average molecular weight is 295 g/mol. The molecule has 1 heterocycles. The molecule has 0 bridgehead atoms. The maximum absolute atomic E-state index is 4.84. The first-order valence-corrected chi connectivity index (χ1v) is 8.93. The lowest BCUT2D eigenvalue weighted by Gasteiger charge is -2.28. The van der Waals surface area contributed by atoms with E-state index in [4.69, 9.17) is 4.98 Å². The molecular formula is C16H29N3S. The zero-order valence-electron chi connectivity index (χ0n) is 13.4. The van der Waals surface area contributed by atoms with Crippen molar-refractivity contribution >= 4 is 16.5 Å². The minimum Gasteiger partial charge on any atom is -0.345 e. The van der Waals surface area contributed by atoms with Gasteiger partial charge in [-0.25, -0.2) is 4.98 Å². The molecule has 1 aromatic heterocycles. The van der Waals surface area contributed by atoms with E-state index >= 15 is 0 Å². The number of hydrogen-bond acceptors (Lipinski definition) is 4. The molecule has 3 nitrogen and oxygen atoms in total. The fourth-order valence-corrected chi connectivity index (χ4v) is 3.42. The van der Waals surface area contributed by atoms with Gasteiger partial charge >= 0.3 is 0 Å². The van der Waals surface area contributed by atoms with Crippen molar-refractivity contribution in [3.63, 3.8) is 0 Å². The standard InChI is InChI=1S/C16H29N3S/c1-5-7-10-19(12(3)6-2)16-18-13(4)15(20-16)11-17-14-8-9-14/h12,14,17H,5-11H2,1-4H3. The van der Waals surface area contributed by atoms with Crippen LogP contribution in [-0.4, -0.2) is 23.6 Å². The molecule has 0 radical (unpaired) electrons. The lowest BCUT2D eigenvalue weighted by molar-refractivity contribution is 0.594. The van der Waals surface area contributed by atoms with E-state index in [0.29, 0.717) is 6.04 Å². The zero-order chi connectivity index (χ0) is 14.5. The average Bonchev–Trinajstić information content (AvgIpc) is 3.20. The summed E-state index contributed by atoms with van der Waals surface area (Å²) in [6.45, 7) is 11.1. The van der Waals surface area contributed by atoms with Crippen molar-refractivity contribution in [2.24, 2.45) is 0 Å². The number of nitrogens with zero attached hydrogens (tertiary/aromatic N) is 2. The van der Waals surface area contributed by atoms with Gasteiger partial charge in [0.15, 0.2) is 5.13 Å². The summed E-state index contributed by atoms with van der Waals surface area (Å²) in [5.74, 6) is 0. The largest absolute Gasteiger partial charge is 0.345 e. The van der Waals surface area contributed by atoms with Gasteiger partial charge in [0.1, 0.15) is 0 Å². The predicted octanol–water partition coefficient (Wildman–Crippen LogP) is 4.11. The fraction of sp³-hybridized carbons (Fsp3) is 0.812. The van der Waals surface area contributed by atoms with E-state index in [-0.39, 0.29) is 0 Å². The number of nitrogens with one attached hydrogen (secondary N) is 1. The molecule has 0 saturated heterocycles. The summed E-state index contributed by atoms with van der Waals surface area (Å²) in [5, 5.41) is 4.82. The molecule has 1 N–H and O–H groups in total. The molecule has 1 atom stereocenters. The second-order valence-electron chi connectivity index (χ2n) is 5.96. The Kier molecular flexibility index (Phi) is 5.85. The third-order valence-corrected chi connectivity index (χ3v) is 5.33. The highest BCUT2D eigenvalue weighted by Gasteiger charge is 2.22. The highest BCUT2D eigenvalue weighted by Crippen LogP contribution is 2.29. The maximum atomic E-state index is 4.84. The Labute approximate surface area is 127 Å². The molecule has 1 aromatic rings. The first-order chi connectivity index (χ1) is 9.65. The topological polar surface area (TPSA) is 28.2 Å². The SMILES string of the molecule is CCCCN(c1nc(C)c(CNC2CC2)s1)C(C)CC. The molecule has 20 heavy (non-hydrogen) atoms. The summed E-state index contributed by atoms with van der Waals surface area (Å²) >= 11 is 1.88. The number of anilines is 1. The smallest absolute Gasteiger partial charge is 0.186 e. The van der Waals surface area contributed by atoms with Crippen LogP contribution in [0.2, 0.25) is 0 Å². The number of rotatable bonds is 9. The molecule has 1 unspecified atom stereocenters. The van der Waals surface area contributed by atoms with Crippen LogP contribution in [0.15, 0.2) is 0 Å². The number of unbranched alkanes of at least 4 members (excludes halogenated alkanes) is 1. The minimum absolute atomic E-state index is 0.580. The number of hydrogen-bond donors (Lipinski definition) is 1. The molecule has 0 aliphatic heterocycles. The summed E-state index contributed by atoms with van der Waals surface area (Å²) in [6, 6.07) is 1.35. The van der Waals surface area contributed by atoms with Crippen molar-refractivity contribution in [1.29, 1.82) is 0 Å². The normalized spacial score (nSPS) is 16.4. The Bertz CT molecular complexity index is 412. The van der Waals surface area contributed by atoms with Crippen molar-refractivity contribution in [1.82, 2.24) is 10.3 Å². The van der Waals surface area contributed by atoms with E-state index in [9.17, 15) is 0 Å². The van der Waals surface area contributed by atoms with Gasteiger partial charge in [-0.3, -0.25) is 0 Å². The molecule has 114 valence electrons. The number of thiazole rings is 1. The Morgan fingerprint density at radius 3 is 2.75 bits per heavy atom. The molecule has 1 aliphatic carbocycles. The minimum atomic E-state index is 0.580. The summed E-state index contributed by atoms with van der Waals surface area (Å²) in [4.78, 5) is 8.75. The quantitative estimate of drug-likeness (QED) is 0.743. The van der Waals surface area contributed by atoms with E-state index in [1.807, 2.05) is 11.3 Å². The third kappa shape index (κ3) is 4.19. The van der Waals surface area contributed by atoms with Crippen LogP contribution in [0.1, 0.15) is 63.4 Å². The second kappa shape index (κ2) is 7.41. The second-order valence-corrected chi connectivity index (χ2v) is 7.03. The molecule has 4 heteroatoms. The van der Waals surface area contributed by atoms with Crippen LogP contribution < -0.4 is 10.2 Å². The van der Waals surface area contributed by atoms with Gasteiger partial charge in [-0.15, -0.1) is 11.3 Å². The van der Waals surface area contributed by atoms with Crippen LogP contribution in [0.25, 0.3) is 0 Å². The van der Waals surface area contributed by atoms with E-state index in [2.05, 4.69) is 37.9 Å². The first-order valence-electron chi connectivity index (χ1n) is 8.12. The van der Waals surface area contributed by atoms with E-state index < -0.39 is 0 Å². The van der Waals surface area contributed by atoms with Crippen LogP contribution in [0.3, 0.4) is 0 Å². The summed E-state index contributed by atoms with van der Waals surface area (Å²) < 4.78 is 0.